The molecule has 4 aliphatic heterocycles. The smallest absolute Gasteiger partial charge is 0.251 e. The van der Waals surface area contributed by atoms with Crippen molar-refractivity contribution < 1.29 is 33.5 Å². The quantitative estimate of drug-likeness (QED) is 0.111. The Morgan fingerprint density at radius 1 is 0.527 bits per heavy atom. The molecule has 6 N–H and O–H groups in total. The van der Waals surface area contributed by atoms with Gasteiger partial charge in [0.15, 0.2) is 0 Å². The number of carbonyl (C=O) groups excluding carboxylic acids is 6. The van der Waals surface area contributed by atoms with Crippen LogP contribution in [0.5, 0.6) is 5.75 Å². The van der Waals surface area contributed by atoms with Crippen LogP contribution in [0.4, 0.5) is 0 Å². The normalized spacial score (nSPS) is 16.4. The van der Waals surface area contributed by atoms with Crippen molar-refractivity contribution >= 4 is 35.4 Å². The monoisotopic (exact) mass is 1040 g/mol. The van der Waals surface area contributed by atoms with Crippen molar-refractivity contribution in [1.29, 1.82) is 0 Å². The van der Waals surface area contributed by atoms with Gasteiger partial charge in [-0.05, 0) is 160 Å². The molecule has 6 amide bonds. The highest BCUT2D eigenvalue weighted by molar-refractivity contribution is 5.94. The van der Waals surface area contributed by atoms with Gasteiger partial charge in [-0.25, -0.2) is 0 Å². The zero-order chi connectivity index (χ0) is 55.2. The van der Waals surface area contributed by atoms with E-state index in [1.807, 2.05) is 37.3 Å². The molecule has 4 fully saturated rings. The number of nitrogens with zero attached hydrogens (tertiary/aromatic N) is 5. The Labute approximate surface area is 447 Å². The fraction of sp³-hybridized carbons (Fsp3) is 0.696. The van der Waals surface area contributed by atoms with Gasteiger partial charge in [0.2, 0.25) is 29.5 Å². The third-order valence-corrected chi connectivity index (χ3v) is 12.9. The number of piperidine rings is 2. The summed E-state index contributed by atoms with van der Waals surface area (Å²) in [7, 11) is 10.1. The molecule has 4 saturated heterocycles. The van der Waals surface area contributed by atoms with Crippen LogP contribution < -0.4 is 36.6 Å². The summed E-state index contributed by atoms with van der Waals surface area (Å²) in [6.07, 6.45) is 19.3. The molecule has 0 saturated carbocycles. The minimum Gasteiger partial charge on any atom is -0.494 e. The Morgan fingerprint density at radius 2 is 1.04 bits per heavy atom. The number of carbonyl (C=O) groups is 6. The van der Waals surface area contributed by atoms with Crippen molar-refractivity contribution in [2.45, 2.75) is 130 Å². The lowest BCUT2D eigenvalue weighted by molar-refractivity contribution is -0.126. The second-order valence-corrected chi connectivity index (χ2v) is 18.3. The number of amides is 6. The summed E-state index contributed by atoms with van der Waals surface area (Å²) < 4.78 is 5.48. The van der Waals surface area contributed by atoms with E-state index in [2.05, 4.69) is 77.3 Å². The molecule has 1 unspecified atom stereocenters. The van der Waals surface area contributed by atoms with E-state index in [0.717, 1.165) is 103 Å². The average Bonchev–Trinajstić information content (AvgIpc) is 4.19. The molecule has 422 valence electrons. The summed E-state index contributed by atoms with van der Waals surface area (Å²) in [5.74, 6) is 1.82. The summed E-state index contributed by atoms with van der Waals surface area (Å²) in [5, 5.41) is 15.8. The van der Waals surface area contributed by atoms with Gasteiger partial charge in [0.1, 0.15) is 5.75 Å². The number of ether oxygens (including phenoxy) is 1. The summed E-state index contributed by atoms with van der Waals surface area (Å²) in [4.78, 5) is 78.9. The van der Waals surface area contributed by atoms with Crippen molar-refractivity contribution in [2.24, 2.45) is 5.92 Å². The fourth-order valence-corrected chi connectivity index (χ4v) is 8.19. The van der Waals surface area contributed by atoms with E-state index in [9.17, 15) is 28.8 Å². The van der Waals surface area contributed by atoms with Gasteiger partial charge in [-0.1, -0.05) is 46.6 Å². The second-order valence-electron chi connectivity index (χ2n) is 18.3. The highest BCUT2D eigenvalue weighted by atomic mass is 16.5. The molecule has 0 spiro atoms. The van der Waals surface area contributed by atoms with Gasteiger partial charge in [0.25, 0.3) is 5.91 Å². The molecule has 1 aromatic carbocycles. The highest BCUT2D eigenvalue weighted by Gasteiger charge is 2.28. The predicted molar refractivity (Wildman–Crippen MR) is 300 cm³/mol. The Hall–Kier alpha value is -5.17. The molecule has 0 bridgehead atoms. The van der Waals surface area contributed by atoms with Crippen molar-refractivity contribution in [3.63, 3.8) is 0 Å². The second kappa shape index (κ2) is 46.4. The Morgan fingerprint density at radius 3 is 1.43 bits per heavy atom. The van der Waals surface area contributed by atoms with Crippen LogP contribution in [0.15, 0.2) is 54.9 Å². The number of hydrogen-bond acceptors (Lipinski definition) is 12. The number of nitrogens with one attached hydrogen (secondary N) is 6. The van der Waals surface area contributed by atoms with Gasteiger partial charge in [0, 0.05) is 98.5 Å². The molecule has 5 heterocycles. The number of unbranched alkanes of at least 4 members (excludes halogenated alkanes) is 1. The molecule has 2 aromatic rings. The van der Waals surface area contributed by atoms with Crippen molar-refractivity contribution in [3.8, 4) is 5.75 Å². The topological polar surface area (TPSA) is 210 Å². The van der Waals surface area contributed by atoms with E-state index < -0.39 is 0 Å². The maximum Gasteiger partial charge on any atom is 0.251 e. The molecule has 1 aromatic heterocycles. The van der Waals surface area contributed by atoms with Gasteiger partial charge >= 0.3 is 0 Å². The van der Waals surface area contributed by atoms with Crippen molar-refractivity contribution in [2.75, 3.05) is 121 Å². The molecule has 18 nitrogen and oxygen atoms in total. The molecular formula is C56H101N11O7. The van der Waals surface area contributed by atoms with Gasteiger partial charge in [-0.3, -0.25) is 38.7 Å². The number of aromatic nitrogens is 1. The average molecular weight is 1040 g/mol. The molecule has 6 rings (SSSR count). The Balaban J connectivity index is 0.000000853. The first kappa shape index (κ1) is 68.8. The number of rotatable bonds is 17. The molecule has 1 atom stereocenters. The molecule has 0 radical (unpaired) electrons. The van der Waals surface area contributed by atoms with Gasteiger partial charge in [-0.2, -0.15) is 0 Å². The fourth-order valence-electron chi connectivity index (χ4n) is 8.19. The van der Waals surface area contributed by atoms with E-state index in [1.165, 1.54) is 58.3 Å². The number of likely N-dealkylation sites (N-methyl/N-ethyl adjacent to an activating group) is 2. The largest absolute Gasteiger partial charge is 0.494 e. The lowest BCUT2D eigenvalue weighted by Gasteiger charge is -2.29. The molecule has 74 heavy (non-hydrogen) atoms. The predicted octanol–water partition coefficient (Wildman–Crippen LogP) is 5.35. The molecule has 0 aliphatic carbocycles. The van der Waals surface area contributed by atoms with E-state index in [0.29, 0.717) is 24.8 Å². The first-order valence-electron chi connectivity index (χ1n) is 27.6. The SMILES string of the molecule is CCCC(=O)NC.CCCCOc1ccc(C(=O)NC)cc1.CCN1CCC(C(=O)NC)CC1.CCN1CCCC1C(=O)NC.CNC(=O)CCN1CCCC1.CNC(=O)CCN1CCCCC1.c1ccncc1. The number of pyridine rings is 1. The van der Waals surface area contributed by atoms with Gasteiger partial charge in [-0.15, -0.1) is 0 Å². The molecular weight excluding hydrogens is 939 g/mol. The zero-order valence-electron chi connectivity index (χ0n) is 47.5. The summed E-state index contributed by atoms with van der Waals surface area (Å²) in [6.45, 7) is 21.0. The third-order valence-electron chi connectivity index (χ3n) is 12.9. The van der Waals surface area contributed by atoms with Crippen molar-refractivity contribution in [1.82, 2.24) is 56.5 Å². The lowest BCUT2D eigenvalue weighted by atomic mass is 9.96. The maximum absolute atomic E-state index is 11.2. The zero-order valence-corrected chi connectivity index (χ0v) is 47.5. The van der Waals surface area contributed by atoms with Crippen LogP contribution in [0.25, 0.3) is 0 Å². The molecule has 18 heteroatoms. The van der Waals surface area contributed by atoms with Crippen LogP contribution in [-0.4, -0.2) is 187 Å². The number of hydrogen-bond donors (Lipinski definition) is 6. The Bertz CT molecular complexity index is 1700. The minimum atomic E-state index is -0.0740. The summed E-state index contributed by atoms with van der Waals surface area (Å²) in [5.41, 5.74) is 0.653. The van der Waals surface area contributed by atoms with E-state index in [1.54, 1.807) is 66.8 Å². The number of benzene rings is 1. The van der Waals surface area contributed by atoms with Crippen LogP contribution in [-0.2, 0) is 24.0 Å². The van der Waals surface area contributed by atoms with Crippen LogP contribution in [0, 0.1) is 5.92 Å². The van der Waals surface area contributed by atoms with Gasteiger partial charge < -0.3 is 51.3 Å². The molecule has 4 aliphatic rings. The summed E-state index contributed by atoms with van der Waals surface area (Å²) >= 11 is 0. The number of likely N-dealkylation sites (tertiary alicyclic amines) is 4. The third kappa shape index (κ3) is 34.3. The minimum absolute atomic E-state index is 0.0740. The van der Waals surface area contributed by atoms with Crippen LogP contribution in [0.1, 0.15) is 134 Å². The summed E-state index contributed by atoms with van der Waals surface area (Å²) in [6, 6.07) is 13.0. The first-order valence-corrected chi connectivity index (χ1v) is 27.6. The van der Waals surface area contributed by atoms with E-state index >= 15 is 0 Å². The lowest BCUT2D eigenvalue weighted by Crippen LogP contribution is -2.41. The maximum atomic E-state index is 11.2. The highest BCUT2D eigenvalue weighted by Crippen LogP contribution is 2.17. The van der Waals surface area contributed by atoms with E-state index in [-0.39, 0.29) is 47.4 Å². The first-order chi connectivity index (χ1) is 35.8. The van der Waals surface area contributed by atoms with Crippen LogP contribution in [0.2, 0.25) is 0 Å². The van der Waals surface area contributed by atoms with Crippen LogP contribution >= 0.6 is 0 Å². The Kier molecular flexibility index (Phi) is 43.1. The standard InChI is InChI=1S/C12H17NO2.2C9H18N2O.2C8H16N2O.C5H11NO.C5H5N/c1-3-4-9-15-11-7-5-10(6-8-11)12(14)13-2;1-10-9(12)5-8-11-6-3-2-4-7-11;1-3-11-6-4-8(5-7-11)9(12)10-2;1-9-8(11)4-7-10-5-2-3-6-10;1-3-10-6-4-5-7(10)8(11)9-2;1-3-4-5(7)6-2;1-2-4-6-5-3-1/h5-8H,3-4,9H2,1-2H3,(H,13,14);2-8H2,1H3,(H,10,12);8H,3-7H2,1-2H3,(H,10,12);2-7H2,1H3,(H,9,11);7H,3-6H2,1-2H3,(H,9,11);3-4H2,1-2H3,(H,6,7);1-5H. The van der Waals surface area contributed by atoms with Crippen molar-refractivity contribution in [3.05, 3.63) is 60.4 Å². The van der Waals surface area contributed by atoms with Gasteiger partial charge in [0.05, 0.1) is 12.6 Å². The van der Waals surface area contributed by atoms with E-state index in [4.69, 9.17) is 4.74 Å². The van der Waals surface area contributed by atoms with Crippen LogP contribution in [0.3, 0.4) is 0 Å².